The first-order valence-electron chi connectivity index (χ1n) is 8.64. The Labute approximate surface area is 153 Å². The summed E-state index contributed by atoms with van der Waals surface area (Å²) < 4.78 is 35.0. The first-order valence-corrected chi connectivity index (χ1v) is 8.64. The average Bonchev–Trinajstić information content (AvgIpc) is 3.22. The minimum Gasteiger partial charge on any atom is -0.442 e. The SMILES string of the molecule is O=C(NC[C@H]1CN(c2ccc3c(c2)CCCc2oncc2-3)C(=O)O1)C(F)F. The number of alkyl halides is 2. The maximum Gasteiger partial charge on any atom is 0.414 e. The van der Waals surface area contributed by atoms with Crippen LogP contribution in [0.2, 0.25) is 0 Å². The minimum absolute atomic E-state index is 0.152. The van der Waals surface area contributed by atoms with E-state index in [2.05, 4.69) is 10.5 Å². The zero-order valence-electron chi connectivity index (χ0n) is 14.3. The van der Waals surface area contributed by atoms with E-state index in [1.165, 1.54) is 4.90 Å². The summed E-state index contributed by atoms with van der Waals surface area (Å²) >= 11 is 0. The number of ether oxygens (including phenoxy) is 1. The van der Waals surface area contributed by atoms with Gasteiger partial charge in [-0.3, -0.25) is 9.69 Å². The number of carbonyl (C=O) groups is 2. The zero-order chi connectivity index (χ0) is 19.0. The quantitative estimate of drug-likeness (QED) is 0.885. The molecular formula is C18H17F2N3O4. The van der Waals surface area contributed by atoms with E-state index in [1.54, 1.807) is 6.20 Å². The van der Waals surface area contributed by atoms with Crippen LogP contribution in [-0.2, 0) is 22.4 Å². The standard InChI is InChI=1S/C18H17F2N3O4/c19-16(20)17(24)21-7-12-9-23(18(25)26-12)11-4-5-13-10(6-11)2-1-3-15-14(13)8-22-27-15/h4-6,8,12,16H,1-3,7,9H2,(H,21,24)/t12-/m0/s1. The highest BCUT2D eigenvalue weighted by molar-refractivity contribution is 5.90. The van der Waals surface area contributed by atoms with Crippen LogP contribution in [0.3, 0.4) is 0 Å². The maximum atomic E-state index is 12.3. The fraction of sp³-hybridized carbons (Fsp3) is 0.389. The van der Waals surface area contributed by atoms with E-state index in [4.69, 9.17) is 9.26 Å². The van der Waals surface area contributed by atoms with Crippen molar-refractivity contribution in [3.8, 4) is 11.1 Å². The van der Waals surface area contributed by atoms with Crippen molar-refractivity contribution in [3.05, 3.63) is 35.7 Å². The summed E-state index contributed by atoms with van der Waals surface area (Å²) in [6, 6.07) is 5.66. The molecule has 1 saturated heterocycles. The molecule has 0 saturated carbocycles. The van der Waals surface area contributed by atoms with Crippen molar-refractivity contribution in [2.45, 2.75) is 31.8 Å². The number of hydrogen-bond donors (Lipinski definition) is 1. The molecule has 0 bridgehead atoms. The van der Waals surface area contributed by atoms with Crippen LogP contribution < -0.4 is 10.2 Å². The summed E-state index contributed by atoms with van der Waals surface area (Å²) in [5.74, 6) is -0.518. The van der Waals surface area contributed by atoms with Gasteiger partial charge in [0, 0.05) is 17.7 Å². The van der Waals surface area contributed by atoms with Gasteiger partial charge in [0.05, 0.1) is 19.3 Å². The van der Waals surface area contributed by atoms with Crippen LogP contribution in [0.25, 0.3) is 11.1 Å². The fourth-order valence-electron chi connectivity index (χ4n) is 3.45. The number of hydrogen-bond acceptors (Lipinski definition) is 5. The number of carbonyl (C=O) groups excluding carboxylic acids is 2. The average molecular weight is 377 g/mol. The number of anilines is 1. The van der Waals surface area contributed by atoms with E-state index in [0.29, 0.717) is 5.69 Å². The second-order valence-electron chi connectivity index (χ2n) is 6.52. The molecule has 0 unspecified atom stereocenters. The number of rotatable bonds is 4. The van der Waals surface area contributed by atoms with E-state index in [9.17, 15) is 18.4 Å². The first kappa shape index (κ1) is 17.4. The maximum absolute atomic E-state index is 12.3. The third-order valence-corrected chi connectivity index (χ3v) is 4.76. The van der Waals surface area contributed by atoms with E-state index in [0.717, 1.165) is 41.7 Å². The van der Waals surface area contributed by atoms with Crippen LogP contribution in [0, 0.1) is 0 Å². The Morgan fingerprint density at radius 1 is 1.33 bits per heavy atom. The molecule has 0 spiro atoms. The van der Waals surface area contributed by atoms with Crippen molar-refractivity contribution in [2.75, 3.05) is 18.0 Å². The highest BCUT2D eigenvalue weighted by atomic mass is 19.3. The molecule has 9 heteroatoms. The number of amides is 2. The first-order chi connectivity index (χ1) is 13.0. The number of benzene rings is 1. The monoisotopic (exact) mass is 377 g/mol. The van der Waals surface area contributed by atoms with Gasteiger partial charge in [0.15, 0.2) is 0 Å². The third-order valence-electron chi connectivity index (χ3n) is 4.76. The zero-order valence-corrected chi connectivity index (χ0v) is 14.3. The molecule has 0 radical (unpaired) electrons. The van der Waals surface area contributed by atoms with Gasteiger partial charge in [-0.05, 0) is 36.1 Å². The van der Waals surface area contributed by atoms with Gasteiger partial charge in [0.1, 0.15) is 11.9 Å². The largest absolute Gasteiger partial charge is 0.442 e. The Balaban J connectivity index is 1.51. The van der Waals surface area contributed by atoms with Crippen LogP contribution in [0.15, 0.2) is 28.9 Å². The van der Waals surface area contributed by atoms with Gasteiger partial charge in [-0.25, -0.2) is 4.79 Å². The van der Waals surface area contributed by atoms with Crippen molar-refractivity contribution in [2.24, 2.45) is 0 Å². The molecule has 1 atom stereocenters. The fourth-order valence-corrected chi connectivity index (χ4v) is 3.45. The summed E-state index contributed by atoms with van der Waals surface area (Å²) in [5.41, 5.74) is 3.74. The molecule has 1 fully saturated rings. The topological polar surface area (TPSA) is 84.7 Å². The second-order valence-corrected chi connectivity index (χ2v) is 6.52. The number of aryl methyl sites for hydroxylation is 2. The van der Waals surface area contributed by atoms with Crippen LogP contribution in [-0.4, -0.2) is 42.8 Å². The van der Waals surface area contributed by atoms with E-state index in [-0.39, 0.29) is 13.1 Å². The second kappa shape index (κ2) is 6.98. The molecule has 1 aliphatic heterocycles. The lowest BCUT2D eigenvalue weighted by molar-refractivity contribution is -0.132. The molecule has 1 aromatic carbocycles. The van der Waals surface area contributed by atoms with Crippen molar-refractivity contribution in [3.63, 3.8) is 0 Å². The Bertz CT molecular complexity index is 883. The van der Waals surface area contributed by atoms with Crippen molar-refractivity contribution >= 4 is 17.7 Å². The lowest BCUT2D eigenvalue weighted by Gasteiger charge is -2.16. The molecular weight excluding hydrogens is 360 g/mol. The predicted molar refractivity (Wildman–Crippen MR) is 90.6 cm³/mol. The third kappa shape index (κ3) is 3.36. The normalized spacial score (nSPS) is 18.7. The number of nitrogens with zero attached hydrogens (tertiary/aromatic N) is 2. The summed E-state index contributed by atoms with van der Waals surface area (Å²) in [6.07, 6.45) is -0.0864. The van der Waals surface area contributed by atoms with Gasteiger partial charge < -0.3 is 14.6 Å². The molecule has 142 valence electrons. The van der Waals surface area contributed by atoms with Gasteiger partial charge in [0.25, 0.3) is 5.91 Å². The van der Waals surface area contributed by atoms with E-state index in [1.807, 2.05) is 18.2 Å². The van der Waals surface area contributed by atoms with Gasteiger partial charge >= 0.3 is 12.5 Å². The molecule has 2 aromatic rings. The lowest BCUT2D eigenvalue weighted by Crippen LogP contribution is -2.37. The lowest BCUT2D eigenvalue weighted by atomic mass is 9.99. The van der Waals surface area contributed by atoms with Crippen LogP contribution in [0.5, 0.6) is 0 Å². The minimum atomic E-state index is -3.09. The summed E-state index contributed by atoms with van der Waals surface area (Å²) in [6.45, 7) is 0.0278. The molecule has 2 amide bonds. The van der Waals surface area contributed by atoms with Crippen LogP contribution in [0.4, 0.5) is 19.3 Å². The molecule has 2 heterocycles. The highest BCUT2D eigenvalue weighted by Gasteiger charge is 2.33. The van der Waals surface area contributed by atoms with Gasteiger partial charge in [0.2, 0.25) is 0 Å². The van der Waals surface area contributed by atoms with Gasteiger partial charge in [-0.1, -0.05) is 11.2 Å². The Morgan fingerprint density at radius 3 is 3.00 bits per heavy atom. The molecule has 1 aliphatic carbocycles. The predicted octanol–water partition coefficient (Wildman–Crippen LogP) is 2.54. The number of cyclic esters (lactones) is 1. The molecule has 1 aromatic heterocycles. The number of aromatic nitrogens is 1. The number of fused-ring (bicyclic) bond motifs is 3. The van der Waals surface area contributed by atoms with Crippen molar-refractivity contribution < 1.29 is 27.6 Å². The summed E-state index contributed by atoms with van der Waals surface area (Å²) in [7, 11) is 0. The number of nitrogens with one attached hydrogen (secondary N) is 1. The Hall–Kier alpha value is -2.97. The Kier molecular flexibility index (Phi) is 4.51. The molecule has 7 nitrogen and oxygen atoms in total. The molecule has 27 heavy (non-hydrogen) atoms. The molecule has 2 aliphatic rings. The van der Waals surface area contributed by atoms with Crippen LogP contribution >= 0.6 is 0 Å². The van der Waals surface area contributed by atoms with Crippen LogP contribution in [0.1, 0.15) is 17.7 Å². The molecule has 1 N–H and O–H groups in total. The molecule has 4 rings (SSSR count). The van der Waals surface area contributed by atoms with Crippen molar-refractivity contribution in [1.82, 2.24) is 10.5 Å². The highest BCUT2D eigenvalue weighted by Crippen LogP contribution is 2.35. The van der Waals surface area contributed by atoms with Crippen molar-refractivity contribution in [1.29, 1.82) is 0 Å². The van der Waals surface area contributed by atoms with E-state index >= 15 is 0 Å². The van der Waals surface area contributed by atoms with Gasteiger partial charge in [-0.2, -0.15) is 8.78 Å². The summed E-state index contributed by atoms with van der Waals surface area (Å²) in [5, 5.41) is 5.94. The van der Waals surface area contributed by atoms with Gasteiger partial charge in [-0.15, -0.1) is 0 Å². The smallest absolute Gasteiger partial charge is 0.414 e. The van der Waals surface area contributed by atoms with E-state index < -0.39 is 24.5 Å². The summed E-state index contributed by atoms with van der Waals surface area (Å²) in [4.78, 5) is 24.6. The Morgan fingerprint density at radius 2 is 2.19 bits per heavy atom. The number of halogens is 2.